The van der Waals surface area contributed by atoms with E-state index in [4.69, 9.17) is 5.73 Å². The summed E-state index contributed by atoms with van der Waals surface area (Å²) in [4.78, 5) is 0. The van der Waals surface area contributed by atoms with Crippen LogP contribution in [0.3, 0.4) is 0 Å². The number of hydrogen-bond acceptors (Lipinski definition) is 3. The number of phenolic OH excluding ortho intramolecular Hbond substituents is 1. The summed E-state index contributed by atoms with van der Waals surface area (Å²) in [5, 5.41) is 19.7. The molecule has 0 saturated carbocycles. The first-order valence-corrected chi connectivity index (χ1v) is 6.04. The van der Waals surface area contributed by atoms with Crippen LogP contribution >= 0.6 is 12.4 Å². The quantitative estimate of drug-likeness (QED) is 0.812. The Kier molecular flexibility index (Phi) is 5.95. The Balaban J connectivity index is 0.00000200. The molecule has 0 saturated heterocycles. The molecule has 4 N–H and O–H groups in total. The van der Waals surface area contributed by atoms with Crippen LogP contribution in [0.2, 0.25) is 0 Å². The van der Waals surface area contributed by atoms with E-state index in [2.05, 4.69) is 0 Å². The molecule has 20 heavy (non-hydrogen) atoms. The number of aromatic hydroxyl groups is 1. The zero-order valence-electron chi connectivity index (χ0n) is 10.7. The number of phenols is 1. The van der Waals surface area contributed by atoms with E-state index < -0.39 is 23.7 Å². The van der Waals surface area contributed by atoms with Gasteiger partial charge in [-0.1, -0.05) is 42.5 Å². The summed E-state index contributed by atoms with van der Waals surface area (Å²) in [5.74, 6) is -1.23. The molecule has 2 atom stereocenters. The molecule has 0 amide bonds. The molecular formula is C15H17ClFNO2. The van der Waals surface area contributed by atoms with Crippen LogP contribution < -0.4 is 5.73 Å². The highest BCUT2D eigenvalue weighted by Crippen LogP contribution is 2.28. The van der Waals surface area contributed by atoms with Gasteiger partial charge in [0, 0.05) is 12.0 Å². The van der Waals surface area contributed by atoms with Crippen molar-refractivity contribution in [2.75, 3.05) is 0 Å². The molecule has 0 bridgehead atoms. The summed E-state index contributed by atoms with van der Waals surface area (Å²) in [6, 6.07) is 12.7. The third-order valence-electron chi connectivity index (χ3n) is 3.08. The van der Waals surface area contributed by atoms with E-state index in [-0.39, 0.29) is 18.0 Å². The molecule has 0 aliphatic carbocycles. The molecule has 2 aromatic carbocycles. The number of para-hydroxylation sites is 1. The summed E-state index contributed by atoms with van der Waals surface area (Å²) in [6.07, 6.45) is -0.548. The first kappa shape index (κ1) is 16.4. The van der Waals surface area contributed by atoms with Gasteiger partial charge in [-0.2, -0.15) is 0 Å². The standard InChI is InChI=1S/C15H16FNO2.ClH/c16-12-8-4-7-11(15(12)19)14(17)13(18)9-10-5-2-1-3-6-10;/h1-8,13-14,18-19H,9,17H2;1H/t13-,14+;/m1./s1. The lowest BCUT2D eigenvalue weighted by Crippen LogP contribution is -2.28. The van der Waals surface area contributed by atoms with Crippen LogP contribution in [0.5, 0.6) is 5.75 Å². The molecule has 0 unspecified atom stereocenters. The second-order valence-corrected chi connectivity index (χ2v) is 4.46. The molecule has 0 aliphatic rings. The van der Waals surface area contributed by atoms with Crippen molar-refractivity contribution in [3.8, 4) is 5.75 Å². The molecule has 0 heterocycles. The van der Waals surface area contributed by atoms with Crippen LogP contribution in [-0.4, -0.2) is 16.3 Å². The molecule has 0 radical (unpaired) electrons. The van der Waals surface area contributed by atoms with Crippen LogP contribution in [0.25, 0.3) is 0 Å². The Morgan fingerprint density at radius 2 is 1.70 bits per heavy atom. The van der Waals surface area contributed by atoms with Crippen molar-refractivity contribution in [1.82, 2.24) is 0 Å². The maximum absolute atomic E-state index is 13.2. The molecule has 0 aliphatic heterocycles. The molecule has 2 aromatic rings. The lowest BCUT2D eigenvalue weighted by atomic mass is 9.96. The second-order valence-electron chi connectivity index (χ2n) is 4.46. The smallest absolute Gasteiger partial charge is 0.165 e. The van der Waals surface area contributed by atoms with E-state index in [0.717, 1.165) is 11.6 Å². The minimum atomic E-state index is -0.893. The Hall–Kier alpha value is -1.62. The largest absolute Gasteiger partial charge is 0.505 e. The van der Waals surface area contributed by atoms with Gasteiger partial charge in [-0.05, 0) is 11.6 Å². The monoisotopic (exact) mass is 297 g/mol. The van der Waals surface area contributed by atoms with Crippen molar-refractivity contribution in [3.05, 3.63) is 65.5 Å². The highest BCUT2D eigenvalue weighted by atomic mass is 35.5. The molecule has 0 aromatic heterocycles. The third-order valence-corrected chi connectivity index (χ3v) is 3.08. The minimum absolute atomic E-state index is 0. The number of hydrogen-bond donors (Lipinski definition) is 3. The Morgan fingerprint density at radius 1 is 1.05 bits per heavy atom. The molecule has 3 nitrogen and oxygen atoms in total. The predicted molar refractivity (Wildman–Crippen MR) is 78.4 cm³/mol. The number of aliphatic hydroxyl groups is 1. The van der Waals surface area contributed by atoms with Gasteiger partial charge in [0.25, 0.3) is 0 Å². The van der Waals surface area contributed by atoms with Gasteiger partial charge in [0.15, 0.2) is 11.6 Å². The number of halogens is 2. The van der Waals surface area contributed by atoms with Crippen molar-refractivity contribution in [2.45, 2.75) is 18.6 Å². The van der Waals surface area contributed by atoms with E-state index in [9.17, 15) is 14.6 Å². The minimum Gasteiger partial charge on any atom is -0.505 e. The number of nitrogens with two attached hydrogens (primary N) is 1. The summed E-state index contributed by atoms with van der Waals surface area (Å²) < 4.78 is 13.2. The molecule has 2 rings (SSSR count). The summed E-state index contributed by atoms with van der Waals surface area (Å²) in [6.45, 7) is 0. The van der Waals surface area contributed by atoms with Gasteiger partial charge in [-0.15, -0.1) is 12.4 Å². The van der Waals surface area contributed by atoms with Crippen LogP contribution in [0, 0.1) is 5.82 Å². The first-order valence-electron chi connectivity index (χ1n) is 6.04. The summed E-state index contributed by atoms with van der Waals surface area (Å²) in [5.41, 5.74) is 7.02. The zero-order chi connectivity index (χ0) is 13.8. The number of aliphatic hydroxyl groups excluding tert-OH is 1. The Labute approximate surface area is 123 Å². The SMILES string of the molecule is Cl.N[C@@H](c1cccc(F)c1O)[C@H](O)Cc1ccccc1. The van der Waals surface area contributed by atoms with Crippen molar-refractivity contribution < 1.29 is 14.6 Å². The van der Waals surface area contributed by atoms with Gasteiger partial charge in [-0.25, -0.2) is 4.39 Å². The Morgan fingerprint density at radius 3 is 2.35 bits per heavy atom. The van der Waals surface area contributed by atoms with Gasteiger partial charge in [-0.3, -0.25) is 0 Å². The summed E-state index contributed by atoms with van der Waals surface area (Å²) >= 11 is 0. The van der Waals surface area contributed by atoms with Gasteiger partial charge >= 0.3 is 0 Å². The van der Waals surface area contributed by atoms with Crippen molar-refractivity contribution in [2.24, 2.45) is 5.73 Å². The van der Waals surface area contributed by atoms with Gasteiger partial charge in [0.2, 0.25) is 0 Å². The third kappa shape index (κ3) is 3.70. The maximum atomic E-state index is 13.2. The van der Waals surface area contributed by atoms with Gasteiger partial charge < -0.3 is 15.9 Å². The first-order chi connectivity index (χ1) is 9.09. The second kappa shape index (κ2) is 7.24. The van der Waals surface area contributed by atoms with E-state index in [1.807, 2.05) is 30.3 Å². The normalized spacial score (nSPS) is 13.3. The van der Waals surface area contributed by atoms with Crippen LogP contribution in [0.15, 0.2) is 48.5 Å². The fourth-order valence-corrected chi connectivity index (χ4v) is 1.99. The van der Waals surface area contributed by atoms with Gasteiger partial charge in [0.05, 0.1) is 12.1 Å². The maximum Gasteiger partial charge on any atom is 0.165 e. The number of benzene rings is 2. The van der Waals surface area contributed by atoms with Gasteiger partial charge in [0.1, 0.15) is 0 Å². The fourth-order valence-electron chi connectivity index (χ4n) is 1.99. The molecule has 108 valence electrons. The fraction of sp³-hybridized carbons (Fsp3) is 0.200. The van der Waals surface area contributed by atoms with Crippen molar-refractivity contribution in [1.29, 1.82) is 0 Å². The molecular weight excluding hydrogens is 281 g/mol. The molecule has 0 spiro atoms. The topological polar surface area (TPSA) is 66.5 Å². The molecule has 5 heteroatoms. The highest BCUT2D eigenvalue weighted by molar-refractivity contribution is 5.85. The van der Waals surface area contributed by atoms with E-state index in [1.165, 1.54) is 12.1 Å². The van der Waals surface area contributed by atoms with Crippen molar-refractivity contribution in [3.63, 3.8) is 0 Å². The highest BCUT2D eigenvalue weighted by Gasteiger charge is 2.21. The lowest BCUT2D eigenvalue weighted by Gasteiger charge is -2.20. The van der Waals surface area contributed by atoms with Crippen LogP contribution in [0.1, 0.15) is 17.2 Å². The average Bonchev–Trinajstić information content (AvgIpc) is 2.42. The molecule has 0 fully saturated rings. The predicted octanol–water partition coefficient (Wildman–Crippen LogP) is 2.56. The lowest BCUT2D eigenvalue weighted by molar-refractivity contribution is 0.143. The van der Waals surface area contributed by atoms with Crippen LogP contribution in [0.4, 0.5) is 4.39 Å². The summed E-state index contributed by atoms with van der Waals surface area (Å²) in [7, 11) is 0. The van der Waals surface area contributed by atoms with Crippen LogP contribution in [-0.2, 0) is 6.42 Å². The van der Waals surface area contributed by atoms with Crippen molar-refractivity contribution >= 4 is 12.4 Å². The van der Waals surface area contributed by atoms with E-state index >= 15 is 0 Å². The van der Waals surface area contributed by atoms with E-state index in [0.29, 0.717) is 6.42 Å². The van der Waals surface area contributed by atoms with E-state index in [1.54, 1.807) is 0 Å². The number of rotatable bonds is 4. The zero-order valence-corrected chi connectivity index (χ0v) is 11.6. The average molecular weight is 298 g/mol. The Bertz CT molecular complexity index is 551.